The Morgan fingerprint density at radius 1 is 1.24 bits per heavy atom. The van der Waals surface area contributed by atoms with Crippen LogP contribution in [0, 0.1) is 0 Å². The monoisotopic (exact) mass is 237 g/mol. The highest BCUT2D eigenvalue weighted by Crippen LogP contribution is 2.49. The lowest BCUT2D eigenvalue weighted by molar-refractivity contribution is -0.156. The molecule has 1 spiro atoms. The summed E-state index contributed by atoms with van der Waals surface area (Å²) >= 11 is 0. The molecule has 96 valence electrons. The Balaban J connectivity index is 1.82. The van der Waals surface area contributed by atoms with E-state index in [2.05, 4.69) is 25.7 Å². The summed E-state index contributed by atoms with van der Waals surface area (Å²) in [5.74, 6) is 0.0219. The molecule has 3 rings (SSSR count). The molecule has 0 aliphatic carbocycles. The first-order valence-electron chi connectivity index (χ1n) is 6.90. The summed E-state index contributed by atoms with van der Waals surface area (Å²) in [4.78, 5) is 14.1. The third-order valence-corrected chi connectivity index (χ3v) is 4.72. The molecular formula is C14H23NO2. The van der Waals surface area contributed by atoms with E-state index in [-0.39, 0.29) is 17.1 Å². The van der Waals surface area contributed by atoms with Gasteiger partial charge in [0.15, 0.2) is 0 Å². The highest BCUT2D eigenvalue weighted by atomic mass is 16.6. The molecule has 3 aliphatic rings. The van der Waals surface area contributed by atoms with Gasteiger partial charge in [0.05, 0.1) is 0 Å². The summed E-state index contributed by atoms with van der Waals surface area (Å²) in [5.41, 5.74) is 0.153. The number of nitrogens with zero attached hydrogens (tertiary/aromatic N) is 1. The van der Waals surface area contributed by atoms with Gasteiger partial charge in [-0.15, -0.1) is 0 Å². The van der Waals surface area contributed by atoms with Crippen LogP contribution >= 0.6 is 0 Å². The van der Waals surface area contributed by atoms with Crippen molar-refractivity contribution >= 4 is 5.97 Å². The Bertz CT molecular complexity index is 331. The van der Waals surface area contributed by atoms with Crippen molar-refractivity contribution in [2.24, 2.45) is 0 Å². The zero-order valence-electron chi connectivity index (χ0n) is 11.2. The first-order valence-corrected chi connectivity index (χ1v) is 6.90. The van der Waals surface area contributed by atoms with Crippen LogP contribution in [0.5, 0.6) is 0 Å². The first kappa shape index (κ1) is 11.5. The summed E-state index contributed by atoms with van der Waals surface area (Å²) in [5, 5.41) is 0. The molecule has 0 radical (unpaired) electrons. The van der Waals surface area contributed by atoms with Crippen LogP contribution in [0.25, 0.3) is 0 Å². The molecule has 2 unspecified atom stereocenters. The smallest absolute Gasteiger partial charge is 0.306 e. The maximum Gasteiger partial charge on any atom is 0.306 e. The van der Waals surface area contributed by atoms with Gasteiger partial charge in [0, 0.05) is 36.9 Å². The second-order valence-electron chi connectivity index (χ2n) is 7.03. The van der Waals surface area contributed by atoms with E-state index in [1.165, 1.54) is 12.8 Å². The summed E-state index contributed by atoms with van der Waals surface area (Å²) in [6, 6.07) is 1.25. The van der Waals surface area contributed by atoms with Crippen molar-refractivity contribution in [2.75, 3.05) is 0 Å². The van der Waals surface area contributed by atoms with Gasteiger partial charge in [-0.2, -0.15) is 0 Å². The summed E-state index contributed by atoms with van der Waals surface area (Å²) < 4.78 is 5.67. The Hall–Kier alpha value is -0.570. The molecule has 3 atom stereocenters. The van der Waals surface area contributed by atoms with E-state index < -0.39 is 0 Å². The lowest BCUT2D eigenvalue weighted by atomic mass is 9.82. The van der Waals surface area contributed by atoms with Gasteiger partial charge < -0.3 is 4.74 Å². The van der Waals surface area contributed by atoms with E-state index >= 15 is 0 Å². The Kier molecular flexibility index (Phi) is 2.35. The number of carbonyl (C=O) groups excluding carboxylic acids is 1. The fourth-order valence-electron chi connectivity index (χ4n) is 4.36. The molecule has 0 aromatic carbocycles. The SMILES string of the molecule is CC(C)(C)N1C2CC[C@@H]1CC1(CCC(=O)O1)C2. The number of hydrogen-bond acceptors (Lipinski definition) is 3. The van der Waals surface area contributed by atoms with Gasteiger partial charge >= 0.3 is 5.97 Å². The van der Waals surface area contributed by atoms with Crippen molar-refractivity contribution in [3.05, 3.63) is 0 Å². The Labute approximate surface area is 104 Å². The zero-order chi connectivity index (χ0) is 12.3. The zero-order valence-corrected chi connectivity index (χ0v) is 11.2. The third kappa shape index (κ3) is 1.79. The minimum absolute atomic E-state index is 0.0219. The number of rotatable bonds is 0. The molecule has 3 nitrogen and oxygen atoms in total. The van der Waals surface area contributed by atoms with Gasteiger partial charge in [0.1, 0.15) is 5.60 Å². The molecule has 3 heterocycles. The normalized spacial score (nSPS) is 42.2. The van der Waals surface area contributed by atoms with E-state index in [1.54, 1.807) is 0 Å². The number of piperidine rings is 1. The van der Waals surface area contributed by atoms with Crippen LogP contribution < -0.4 is 0 Å². The van der Waals surface area contributed by atoms with Crippen LogP contribution in [0.15, 0.2) is 0 Å². The second kappa shape index (κ2) is 3.47. The molecule has 3 heteroatoms. The second-order valence-corrected chi connectivity index (χ2v) is 7.03. The van der Waals surface area contributed by atoms with Crippen molar-refractivity contribution < 1.29 is 9.53 Å². The molecule has 3 saturated heterocycles. The summed E-state index contributed by atoms with van der Waals surface area (Å²) in [6.07, 6.45) is 6.27. The molecule has 3 fully saturated rings. The molecule has 0 amide bonds. The standard InChI is InChI=1S/C14H23NO2/c1-13(2,3)15-10-4-5-11(15)9-14(8-10)7-6-12(16)17-14/h10-11H,4-9H2,1-3H3/t10-,11?,14?/m1/s1. The van der Waals surface area contributed by atoms with Crippen molar-refractivity contribution in [1.29, 1.82) is 0 Å². The third-order valence-electron chi connectivity index (χ3n) is 4.72. The van der Waals surface area contributed by atoms with Crippen LogP contribution in [0.2, 0.25) is 0 Å². The van der Waals surface area contributed by atoms with E-state index in [0.29, 0.717) is 18.5 Å². The lowest BCUT2D eigenvalue weighted by Gasteiger charge is -2.49. The molecule has 3 aliphatic heterocycles. The number of carbonyl (C=O) groups is 1. The first-order chi connectivity index (χ1) is 7.90. The highest BCUT2D eigenvalue weighted by molar-refractivity contribution is 5.72. The summed E-state index contributed by atoms with van der Waals surface area (Å²) in [7, 11) is 0. The van der Waals surface area contributed by atoms with Crippen LogP contribution in [0.4, 0.5) is 0 Å². The average Bonchev–Trinajstić information content (AvgIpc) is 2.67. The maximum absolute atomic E-state index is 11.4. The van der Waals surface area contributed by atoms with Gasteiger partial charge in [-0.3, -0.25) is 9.69 Å². The molecule has 0 aromatic heterocycles. The van der Waals surface area contributed by atoms with Crippen LogP contribution in [0.1, 0.15) is 59.3 Å². The number of ether oxygens (including phenoxy) is 1. The van der Waals surface area contributed by atoms with Crippen LogP contribution in [-0.4, -0.2) is 34.1 Å². The van der Waals surface area contributed by atoms with E-state index in [1.807, 2.05) is 0 Å². The minimum atomic E-state index is -0.0926. The van der Waals surface area contributed by atoms with Gasteiger partial charge in [-0.1, -0.05) is 0 Å². The van der Waals surface area contributed by atoms with E-state index in [4.69, 9.17) is 4.74 Å². The maximum atomic E-state index is 11.4. The van der Waals surface area contributed by atoms with Crippen molar-refractivity contribution in [3.63, 3.8) is 0 Å². The predicted octanol–water partition coefficient (Wildman–Crippen LogP) is 2.49. The van der Waals surface area contributed by atoms with Crippen LogP contribution in [0.3, 0.4) is 0 Å². The van der Waals surface area contributed by atoms with E-state index in [0.717, 1.165) is 19.3 Å². The van der Waals surface area contributed by atoms with Gasteiger partial charge in [-0.25, -0.2) is 0 Å². The van der Waals surface area contributed by atoms with Gasteiger partial charge in [0.2, 0.25) is 0 Å². The molecule has 0 saturated carbocycles. The van der Waals surface area contributed by atoms with Crippen molar-refractivity contribution in [2.45, 2.75) is 82.5 Å². The van der Waals surface area contributed by atoms with E-state index in [9.17, 15) is 4.79 Å². The Morgan fingerprint density at radius 3 is 2.24 bits per heavy atom. The fraction of sp³-hybridized carbons (Fsp3) is 0.929. The Morgan fingerprint density at radius 2 is 1.82 bits per heavy atom. The predicted molar refractivity (Wildman–Crippen MR) is 65.7 cm³/mol. The number of fused-ring (bicyclic) bond motifs is 2. The molecule has 0 N–H and O–H groups in total. The van der Waals surface area contributed by atoms with Crippen molar-refractivity contribution in [3.8, 4) is 0 Å². The fourth-order valence-corrected chi connectivity index (χ4v) is 4.36. The average molecular weight is 237 g/mol. The van der Waals surface area contributed by atoms with Crippen molar-refractivity contribution in [1.82, 2.24) is 4.90 Å². The molecular weight excluding hydrogens is 214 g/mol. The molecule has 2 bridgehead atoms. The number of hydrogen-bond donors (Lipinski definition) is 0. The largest absolute Gasteiger partial charge is 0.459 e. The topological polar surface area (TPSA) is 29.5 Å². The quantitative estimate of drug-likeness (QED) is 0.606. The van der Waals surface area contributed by atoms with Gasteiger partial charge in [0.25, 0.3) is 0 Å². The molecule has 0 aromatic rings. The van der Waals surface area contributed by atoms with Gasteiger partial charge in [-0.05, 0) is 40.0 Å². The highest BCUT2D eigenvalue weighted by Gasteiger charge is 2.54. The number of esters is 1. The lowest BCUT2D eigenvalue weighted by Crippen LogP contribution is -2.57. The van der Waals surface area contributed by atoms with Crippen LogP contribution in [-0.2, 0) is 9.53 Å². The summed E-state index contributed by atoms with van der Waals surface area (Å²) in [6.45, 7) is 6.91. The minimum Gasteiger partial charge on any atom is -0.459 e. The molecule has 17 heavy (non-hydrogen) atoms.